The number of carbonyl (C=O) groups excluding carboxylic acids is 1. The number of aromatic nitrogens is 5. The molecule has 0 radical (unpaired) electrons. The summed E-state index contributed by atoms with van der Waals surface area (Å²) in [5.41, 5.74) is -0.00323. The normalized spacial score (nSPS) is 16.6. The van der Waals surface area contributed by atoms with E-state index in [1.807, 2.05) is 0 Å². The summed E-state index contributed by atoms with van der Waals surface area (Å²) in [4.78, 5) is 26.0. The summed E-state index contributed by atoms with van der Waals surface area (Å²) >= 11 is 6.29. The number of nitrogens with zero attached hydrogens (tertiary/aromatic N) is 5. The Labute approximate surface area is 191 Å². The number of H-pyrrole nitrogens is 1. The maximum atomic E-state index is 13.7. The van der Waals surface area contributed by atoms with Gasteiger partial charge >= 0.3 is 0 Å². The van der Waals surface area contributed by atoms with Crippen LogP contribution in [0.15, 0.2) is 35.1 Å². The first-order valence-corrected chi connectivity index (χ1v) is 10.5. The van der Waals surface area contributed by atoms with Crippen molar-refractivity contribution in [2.24, 2.45) is 0 Å². The van der Waals surface area contributed by atoms with Crippen LogP contribution in [0.4, 0.5) is 8.78 Å². The number of imidazole rings is 1. The molecule has 0 saturated heterocycles. The SMILES string of the molecule is CC(C)(O)c1nc(C(F)F)c(C(=O)N2CCc3[nH]cnc3[C@H]2c2cc3c(Cl)cccn3n2)o1. The molecule has 5 heterocycles. The molecule has 1 aliphatic rings. The highest BCUT2D eigenvalue weighted by atomic mass is 35.5. The summed E-state index contributed by atoms with van der Waals surface area (Å²) in [5, 5.41) is 15.2. The number of fused-ring (bicyclic) bond motifs is 2. The molecule has 0 spiro atoms. The summed E-state index contributed by atoms with van der Waals surface area (Å²) in [5.74, 6) is -1.78. The second-order valence-electron chi connectivity index (χ2n) is 8.27. The second-order valence-corrected chi connectivity index (χ2v) is 8.67. The fraction of sp³-hybridized carbons (Fsp3) is 0.333. The van der Waals surface area contributed by atoms with Crippen molar-refractivity contribution >= 4 is 23.0 Å². The number of halogens is 3. The van der Waals surface area contributed by atoms with Gasteiger partial charge in [0.15, 0.2) is 5.69 Å². The summed E-state index contributed by atoms with van der Waals surface area (Å²) in [6.07, 6.45) is 0.593. The van der Waals surface area contributed by atoms with Crippen molar-refractivity contribution < 1.29 is 23.1 Å². The van der Waals surface area contributed by atoms with Crippen molar-refractivity contribution in [3.63, 3.8) is 0 Å². The highest BCUT2D eigenvalue weighted by Gasteiger charge is 2.40. The molecule has 12 heteroatoms. The number of hydrogen-bond acceptors (Lipinski definition) is 6. The van der Waals surface area contributed by atoms with Gasteiger partial charge in [0.1, 0.15) is 11.6 Å². The number of rotatable bonds is 4. The van der Waals surface area contributed by atoms with E-state index in [2.05, 4.69) is 20.1 Å². The van der Waals surface area contributed by atoms with Crippen LogP contribution in [0.5, 0.6) is 0 Å². The number of hydrogen-bond donors (Lipinski definition) is 2. The van der Waals surface area contributed by atoms with E-state index in [-0.39, 0.29) is 12.4 Å². The van der Waals surface area contributed by atoms with E-state index in [9.17, 15) is 18.7 Å². The molecule has 2 N–H and O–H groups in total. The highest BCUT2D eigenvalue weighted by Crippen LogP contribution is 2.37. The first-order valence-electron chi connectivity index (χ1n) is 10.1. The van der Waals surface area contributed by atoms with Crippen molar-refractivity contribution in [3.05, 3.63) is 70.2 Å². The van der Waals surface area contributed by atoms with E-state index < -0.39 is 35.4 Å². The summed E-state index contributed by atoms with van der Waals surface area (Å²) in [6.45, 7) is 2.87. The van der Waals surface area contributed by atoms with Crippen LogP contribution in [0.3, 0.4) is 0 Å². The van der Waals surface area contributed by atoms with E-state index in [4.69, 9.17) is 16.0 Å². The van der Waals surface area contributed by atoms with Crippen molar-refractivity contribution in [2.75, 3.05) is 6.54 Å². The Morgan fingerprint density at radius 3 is 2.91 bits per heavy atom. The van der Waals surface area contributed by atoms with Gasteiger partial charge in [0.25, 0.3) is 12.3 Å². The smallest absolute Gasteiger partial charge is 0.292 e. The lowest BCUT2D eigenvalue weighted by Gasteiger charge is -2.33. The molecule has 0 aromatic carbocycles. The molecule has 0 aliphatic carbocycles. The van der Waals surface area contributed by atoms with Crippen LogP contribution in [0, 0.1) is 0 Å². The zero-order chi connectivity index (χ0) is 23.5. The average Bonchev–Trinajstić information content (AvgIpc) is 3.49. The third-order valence-corrected chi connectivity index (χ3v) is 5.83. The Kier molecular flexibility index (Phi) is 4.98. The van der Waals surface area contributed by atoms with Gasteiger partial charge in [-0.3, -0.25) is 4.79 Å². The number of pyridine rings is 1. The number of aromatic amines is 1. The molecule has 1 atom stereocenters. The monoisotopic (exact) mass is 476 g/mol. The molecule has 0 bridgehead atoms. The van der Waals surface area contributed by atoms with Gasteiger partial charge in [0.2, 0.25) is 11.7 Å². The number of aliphatic hydroxyl groups is 1. The largest absolute Gasteiger partial charge is 0.432 e. The van der Waals surface area contributed by atoms with Crippen LogP contribution < -0.4 is 0 Å². The van der Waals surface area contributed by atoms with Gasteiger partial charge in [0, 0.05) is 24.9 Å². The first-order chi connectivity index (χ1) is 15.6. The fourth-order valence-corrected chi connectivity index (χ4v) is 4.17. The molecule has 33 heavy (non-hydrogen) atoms. The van der Waals surface area contributed by atoms with Crippen molar-refractivity contribution in [2.45, 2.75) is 38.3 Å². The molecule has 5 rings (SSSR count). The van der Waals surface area contributed by atoms with Crippen LogP contribution in [0.25, 0.3) is 5.52 Å². The minimum absolute atomic E-state index is 0.196. The highest BCUT2D eigenvalue weighted by molar-refractivity contribution is 6.33. The maximum absolute atomic E-state index is 13.7. The number of alkyl halides is 2. The van der Waals surface area contributed by atoms with Gasteiger partial charge < -0.3 is 19.4 Å². The number of amides is 1. The van der Waals surface area contributed by atoms with Gasteiger partial charge in [-0.2, -0.15) is 5.10 Å². The molecular formula is C21H19ClF2N6O3. The topological polar surface area (TPSA) is 113 Å². The molecule has 1 aliphatic heterocycles. The van der Waals surface area contributed by atoms with Crippen LogP contribution in [0.1, 0.15) is 65.5 Å². The number of carbonyl (C=O) groups is 1. The van der Waals surface area contributed by atoms with Crippen LogP contribution in [-0.4, -0.2) is 47.0 Å². The zero-order valence-electron chi connectivity index (χ0n) is 17.6. The molecule has 172 valence electrons. The predicted molar refractivity (Wildman–Crippen MR) is 112 cm³/mol. The Morgan fingerprint density at radius 2 is 2.21 bits per heavy atom. The maximum Gasteiger partial charge on any atom is 0.292 e. The summed E-state index contributed by atoms with van der Waals surface area (Å²) in [7, 11) is 0. The third kappa shape index (κ3) is 3.57. The molecule has 4 aromatic rings. The molecule has 9 nitrogen and oxygen atoms in total. The quantitative estimate of drug-likeness (QED) is 0.465. The molecule has 1 amide bonds. The lowest BCUT2D eigenvalue weighted by Crippen LogP contribution is -2.41. The molecule has 0 unspecified atom stereocenters. The second kappa shape index (κ2) is 7.63. The Bertz CT molecular complexity index is 1360. The zero-order valence-corrected chi connectivity index (χ0v) is 18.3. The molecule has 4 aromatic heterocycles. The molecule has 0 fully saturated rings. The third-order valence-electron chi connectivity index (χ3n) is 5.51. The van der Waals surface area contributed by atoms with Gasteiger partial charge in [0.05, 0.1) is 28.3 Å². The van der Waals surface area contributed by atoms with Gasteiger partial charge in [-0.25, -0.2) is 23.3 Å². The first kappa shape index (κ1) is 21.5. The number of nitrogens with one attached hydrogen (secondary N) is 1. The van der Waals surface area contributed by atoms with Crippen LogP contribution >= 0.6 is 11.6 Å². The van der Waals surface area contributed by atoms with E-state index >= 15 is 0 Å². The van der Waals surface area contributed by atoms with Crippen molar-refractivity contribution in [1.29, 1.82) is 0 Å². The summed E-state index contributed by atoms with van der Waals surface area (Å²) < 4.78 is 34.4. The van der Waals surface area contributed by atoms with Gasteiger partial charge in [-0.05, 0) is 32.0 Å². The van der Waals surface area contributed by atoms with E-state index in [1.54, 1.807) is 28.9 Å². The van der Waals surface area contributed by atoms with Crippen LogP contribution in [0.2, 0.25) is 5.02 Å². The predicted octanol–water partition coefficient (Wildman–Crippen LogP) is 3.65. The van der Waals surface area contributed by atoms with E-state index in [1.165, 1.54) is 25.1 Å². The standard InChI is InChI=1S/C21H19ClF2N6O3/c1-21(2,32)20-27-15(18(23)24)17(33-20)19(31)29-7-5-11-14(26-9-25-11)16(29)12-8-13-10(22)4-3-6-30(13)28-12/h3-4,6,8-9,16,18,32H,5,7H2,1-2H3,(H,25,26)/t16-/m1/s1. The van der Waals surface area contributed by atoms with E-state index in [0.29, 0.717) is 28.3 Å². The lowest BCUT2D eigenvalue weighted by atomic mass is 9.99. The van der Waals surface area contributed by atoms with Crippen LogP contribution in [-0.2, 0) is 12.0 Å². The van der Waals surface area contributed by atoms with E-state index in [0.717, 1.165) is 5.69 Å². The lowest BCUT2D eigenvalue weighted by molar-refractivity contribution is 0.0440. The van der Waals surface area contributed by atoms with Crippen molar-refractivity contribution in [3.8, 4) is 0 Å². The molecular weight excluding hydrogens is 458 g/mol. The minimum atomic E-state index is -3.07. The minimum Gasteiger partial charge on any atom is -0.432 e. The Hall–Kier alpha value is -3.31. The Morgan fingerprint density at radius 1 is 1.42 bits per heavy atom. The van der Waals surface area contributed by atoms with Gasteiger partial charge in [-0.1, -0.05) is 11.6 Å². The average molecular weight is 477 g/mol. The Balaban J connectivity index is 1.63. The fourth-order valence-electron chi connectivity index (χ4n) is 3.95. The number of oxazole rings is 1. The van der Waals surface area contributed by atoms with Gasteiger partial charge in [-0.15, -0.1) is 0 Å². The van der Waals surface area contributed by atoms with Crippen molar-refractivity contribution in [1.82, 2.24) is 29.5 Å². The molecule has 0 saturated carbocycles. The summed E-state index contributed by atoms with van der Waals surface area (Å²) in [6, 6.07) is 4.41.